The van der Waals surface area contributed by atoms with Crippen molar-refractivity contribution in [2.45, 2.75) is 0 Å². The molecule has 150 valence electrons. The molecule has 8 nitrogen and oxygen atoms in total. The Morgan fingerprint density at radius 1 is 1.00 bits per heavy atom. The van der Waals surface area contributed by atoms with Gasteiger partial charge in [0.25, 0.3) is 11.8 Å². The van der Waals surface area contributed by atoms with E-state index in [9.17, 15) is 14.7 Å². The summed E-state index contributed by atoms with van der Waals surface area (Å²) in [5.41, 5.74) is 0.666. The lowest BCUT2D eigenvalue weighted by molar-refractivity contribution is -0.122. The van der Waals surface area contributed by atoms with Crippen molar-refractivity contribution in [1.82, 2.24) is 5.32 Å². The molecule has 0 atom stereocenters. The molecule has 0 radical (unpaired) electrons. The molecule has 2 aromatic carbocycles. The number of aromatic hydroxyl groups is 1. The van der Waals surface area contributed by atoms with Crippen LogP contribution >= 0.6 is 12.2 Å². The Hall–Kier alpha value is -3.59. The summed E-state index contributed by atoms with van der Waals surface area (Å²) >= 11 is 5.20. The quantitative estimate of drug-likeness (QED) is 0.440. The minimum atomic E-state index is -0.642. The molecular weight excluding hydrogens is 396 g/mol. The lowest BCUT2D eigenvalue weighted by Crippen LogP contribution is -2.54. The van der Waals surface area contributed by atoms with Crippen LogP contribution in [0.2, 0.25) is 0 Å². The highest BCUT2D eigenvalue weighted by molar-refractivity contribution is 7.80. The van der Waals surface area contributed by atoms with E-state index in [0.29, 0.717) is 17.0 Å². The highest BCUT2D eigenvalue weighted by Crippen LogP contribution is 2.38. The third-order valence-electron chi connectivity index (χ3n) is 4.24. The van der Waals surface area contributed by atoms with Crippen LogP contribution < -0.4 is 24.4 Å². The Morgan fingerprint density at radius 3 is 2.17 bits per heavy atom. The van der Waals surface area contributed by atoms with Gasteiger partial charge in [-0.1, -0.05) is 12.1 Å². The van der Waals surface area contributed by atoms with Gasteiger partial charge in [0, 0.05) is 0 Å². The van der Waals surface area contributed by atoms with E-state index in [4.69, 9.17) is 26.4 Å². The minimum Gasteiger partial charge on any atom is -0.502 e. The maximum atomic E-state index is 13.1. The molecule has 1 fully saturated rings. The first-order valence-corrected chi connectivity index (χ1v) is 8.81. The van der Waals surface area contributed by atoms with E-state index >= 15 is 0 Å². The Balaban J connectivity index is 2.09. The Kier molecular flexibility index (Phi) is 5.69. The van der Waals surface area contributed by atoms with Crippen molar-refractivity contribution in [3.05, 3.63) is 47.5 Å². The summed E-state index contributed by atoms with van der Waals surface area (Å²) < 4.78 is 15.5. The van der Waals surface area contributed by atoms with E-state index in [1.54, 1.807) is 24.3 Å². The average molecular weight is 414 g/mol. The number of para-hydroxylation sites is 2. The molecule has 3 rings (SSSR count). The molecule has 1 heterocycles. The normalized spacial score (nSPS) is 15.3. The molecule has 1 aliphatic heterocycles. The van der Waals surface area contributed by atoms with Crippen LogP contribution in [-0.4, -0.2) is 43.4 Å². The van der Waals surface area contributed by atoms with Crippen molar-refractivity contribution < 1.29 is 28.9 Å². The number of ether oxygens (including phenoxy) is 3. The number of carbonyl (C=O) groups is 2. The van der Waals surface area contributed by atoms with Crippen LogP contribution in [-0.2, 0) is 9.59 Å². The van der Waals surface area contributed by atoms with Crippen LogP contribution in [0.1, 0.15) is 5.56 Å². The fourth-order valence-electron chi connectivity index (χ4n) is 2.85. The molecule has 2 amide bonds. The number of rotatable bonds is 5. The van der Waals surface area contributed by atoms with Gasteiger partial charge in [0.2, 0.25) is 5.75 Å². The monoisotopic (exact) mass is 414 g/mol. The summed E-state index contributed by atoms with van der Waals surface area (Å²) in [6.45, 7) is 0. The summed E-state index contributed by atoms with van der Waals surface area (Å²) in [4.78, 5) is 26.8. The number of thiocarbonyl (C=S) groups is 1. The summed E-state index contributed by atoms with van der Waals surface area (Å²) in [5.74, 6) is -0.750. The van der Waals surface area contributed by atoms with Crippen LogP contribution in [0.5, 0.6) is 23.0 Å². The van der Waals surface area contributed by atoms with Crippen LogP contribution in [0.15, 0.2) is 42.0 Å². The Labute approximate surface area is 172 Å². The van der Waals surface area contributed by atoms with E-state index in [-0.39, 0.29) is 27.9 Å². The summed E-state index contributed by atoms with van der Waals surface area (Å²) in [6.07, 6.45) is 1.37. The maximum Gasteiger partial charge on any atom is 0.270 e. The zero-order valence-corrected chi connectivity index (χ0v) is 16.7. The van der Waals surface area contributed by atoms with Gasteiger partial charge in [-0.2, -0.15) is 0 Å². The molecule has 0 unspecified atom stereocenters. The number of phenols is 1. The zero-order chi connectivity index (χ0) is 21.1. The number of methoxy groups -OCH3 is 3. The molecule has 1 saturated heterocycles. The number of nitrogens with zero attached hydrogens (tertiary/aromatic N) is 1. The number of nitrogens with one attached hydrogen (secondary N) is 1. The summed E-state index contributed by atoms with van der Waals surface area (Å²) in [5, 5.41) is 12.5. The van der Waals surface area contributed by atoms with Gasteiger partial charge in [-0.25, -0.2) is 4.90 Å². The second-order valence-corrected chi connectivity index (χ2v) is 6.29. The van der Waals surface area contributed by atoms with E-state index in [1.165, 1.54) is 44.4 Å². The first kappa shape index (κ1) is 20.2. The molecule has 0 aliphatic carbocycles. The highest BCUT2D eigenvalue weighted by Gasteiger charge is 2.35. The molecule has 9 heteroatoms. The second kappa shape index (κ2) is 8.19. The first-order valence-electron chi connectivity index (χ1n) is 8.40. The Morgan fingerprint density at radius 2 is 1.59 bits per heavy atom. The third kappa shape index (κ3) is 3.72. The minimum absolute atomic E-state index is 0.0532. The second-order valence-electron chi connectivity index (χ2n) is 5.90. The molecule has 2 aromatic rings. The van der Waals surface area contributed by atoms with Gasteiger partial charge in [-0.15, -0.1) is 0 Å². The van der Waals surface area contributed by atoms with E-state index in [1.807, 2.05) is 0 Å². The summed E-state index contributed by atoms with van der Waals surface area (Å²) in [7, 11) is 4.23. The average Bonchev–Trinajstić information content (AvgIpc) is 2.72. The van der Waals surface area contributed by atoms with Crippen LogP contribution in [0.3, 0.4) is 0 Å². The van der Waals surface area contributed by atoms with Gasteiger partial charge >= 0.3 is 0 Å². The number of hydrogen-bond donors (Lipinski definition) is 2. The van der Waals surface area contributed by atoms with Gasteiger partial charge < -0.3 is 19.3 Å². The van der Waals surface area contributed by atoms with E-state index in [0.717, 1.165) is 0 Å². The summed E-state index contributed by atoms with van der Waals surface area (Å²) in [6, 6.07) is 9.77. The lowest BCUT2D eigenvalue weighted by Gasteiger charge is -2.29. The van der Waals surface area contributed by atoms with Crippen molar-refractivity contribution >= 4 is 40.9 Å². The van der Waals surface area contributed by atoms with Gasteiger partial charge in [0.15, 0.2) is 16.6 Å². The number of amides is 2. The number of hydrogen-bond acceptors (Lipinski definition) is 7. The fraction of sp³-hybridized carbons (Fsp3) is 0.150. The van der Waals surface area contributed by atoms with Crippen LogP contribution in [0, 0.1) is 0 Å². The highest BCUT2D eigenvalue weighted by atomic mass is 32.1. The van der Waals surface area contributed by atoms with Crippen LogP contribution in [0.25, 0.3) is 6.08 Å². The van der Waals surface area contributed by atoms with E-state index < -0.39 is 11.8 Å². The van der Waals surface area contributed by atoms with Gasteiger partial charge in [-0.05, 0) is 48.1 Å². The number of anilines is 1. The molecular formula is C20H18N2O6S. The lowest BCUT2D eigenvalue weighted by atomic mass is 10.1. The zero-order valence-electron chi connectivity index (χ0n) is 15.9. The van der Waals surface area contributed by atoms with Crippen molar-refractivity contribution in [3.63, 3.8) is 0 Å². The predicted octanol–water partition coefficient (Wildman–Crippen LogP) is 2.25. The van der Waals surface area contributed by atoms with Crippen molar-refractivity contribution in [2.24, 2.45) is 0 Å². The van der Waals surface area contributed by atoms with Crippen molar-refractivity contribution in [3.8, 4) is 23.0 Å². The SMILES string of the molecule is COc1ccccc1N1C(=O)/C(=C\c2cc(OC)c(O)c(OC)c2)C(=O)NC1=S. The molecule has 29 heavy (non-hydrogen) atoms. The number of carbonyl (C=O) groups excluding carboxylic acids is 2. The Bertz CT molecular complexity index is 1010. The van der Waals surface area contributed by atoms with Crippen molar-refractivity contribution in [2.75, 3.05) is 26.2 Å². The fourth-order valence-corrected chi connectivity index (χ4v) is 3.13. The van der Waals surface area contributed by atoms with Crippen molar-refractivity contribution in [1.29, 1.82) is 0 Å². The molecule has 0 aromatic heterocycles. The van der Waals surface area contributed by atoms with Gasteiger partial charge in [0.05, 0.1) is 27.0 Å². The van der Waals surface area contributed by atoms with E-state index in [2.05, 4.69) is 5.32 Å². The first-order chi connectivity index (χ1) is 13.9. The third-order valence-corrected chi connectivity index (χ3v) is 4.53. The molecule has 0 saturated carbocycles. The molecule has 0 spiro atoms. The largest absolute Gasteiger partial charge is 0.502 e. The van der Waals surface area contributed by atoms with Crippen LogP contribution in [0.4, 0.5) is 5.69 Å². The molecule has 1 aliphatic rings. The number of benzene rings is 2. The molecule has 0 bridgehead atoms. The topological polar surface area (TPSA) is 97.3 Å². The van der Waals surface area contributed by atoms with Gasteiger partial charge in [-0.3, -0.25) is 14.9 Å². The maximum absolute atomic E-state index is 13.1. The van der Waals surface area contributed by atoms with Gasteiger partial charge in [0.1, 0.15) is 11.3 Å². The smallest absolute Gasteiger partial charge is 0.270 e. The number of phenolic OH excluding ortho intramolecular Hbond substituents is 1. The molecule has 2 N–H and O–H groups in total. The standard InChI is InChI=1S/C20H18N2O6S/c1-26-14-7-5-4-6-13(14)22-19(25)12(18(24)21-20(22)29)8-11-9-15(27-2)17(23)16(10-11)28-3/h4-10,23H,1-3H3,(H,21,24,29)/b12-8-. The predicted molar refractivity (Wildman–Crippen MR) is 110 cm³/mol.